The van der Waals surface area contributed by atoms with Crippen LogP contribution in [0.2, 0.25) is 0 Å². The summed E-state index contributed by atoms with van der Waals surface area (Å²) in [5.41, 5.74) is 2.21. The third-order valence-corrected chi connectivity index (χ3v) is 5.03. The molecule has 1 aliphatic rings. The highest BCUT2D eigenvalue weighted by atomic mass is 16.5. The number of H-pyrrole nitrogens is 1. The molecule has 3 rings (SSSR count). The van der Waals surface area contributed by atoms with Crippen LogP contribution in [0.4, 0.5) is 0 Å². The number of likely N-dealkylation sites (tertiary alicyclic amines) is 1. The summed E-state index contributed by atoms with van der Waals surface area (Å²) in [6.07, 6.45) is 5.17. The van der Waals surface area contributed by atoms with Crippen LogP contribution in [0, 0.1) is 5.92 Å². The molecule has 2 heterocycles. The van der Waals surface area contributed by atoms with Gasteiger partial charge in [0.2, 0.25) is 0 Å². The highest BCUT2D eigenvalue weighted by Gasteiger charge is 2.27. The van der Waals surface area contributed by atoms with Crippen molar-refractivity contribution in [2.24, 2.45) is 5.92 Å². The number of hydrogen-bond acceptors (Lipinski definition) is 3. The highest BCUT2D eigenvalue weighted by Crippen LogP contribution is 2.25. The maximum atomic E-state index is 11.8. The van der Waals surface area contributed by atoms with Gasteiger partial charge in [0.05, 0.1) is 6.10 Å². The second-order valence-corrected chi connectivity index (χ2v) is 6.60. The molecule has 0 bridgehead atoms. The lowest BCUT2D eigenvalue weighted by molar-refractivity contribution is 0.0206. The quantitative estimate of drug-likeness (QED) is 0.888. The van der Waals surface area contributed by atoms with E-state index in [-0.39, 0.29) is 11.7 Å². The molecule has 1 fully saturated rings. The summed E-state index contributed by atoms with van der Waals surface area (Å²) in [6, 6.07) is 14.4. The van der Waals surface area contributed by atoms with E-state index in [2.05, 4.69) is 40.2 Å². The summed E-state index contributed by atoms with van der Waals surface area (Å²) >= 11 is 0. The lowest BCUT2D eigenvalue weighted by atomic mass is 9.87. The average molecular weight is 326 g/mol. The molecule has 1 unspecified atom stereocenters. The Balaban J connectivity index is 1.54. The standard InChI is InChI=1S/C20H26N2O2/c1-24-19(14-16-6-3-2-4-7-16)17-9-12-22(13-10-17)15-18-8-5-11-21-20(18)23/h2-8,11,17,19H,9-10,12-15H2,1H3,(H,21,23). The van der Waals surface area contributed by atoms with E-state index in [9.17, 15) is 4.79 Å². The molecule has 0 aliphatic carbocycles. The zero-order valence-electron chi connectivity index (χ0n) is 14.3. The third kappa shape index (κ3) is 4.34. The van der Waals surface area contributed by atoms with Gasteiger partial charge in [0.25, 0.3) is 5.56 Å². The van der Waals surface area contributed by atoms with Crippen molar-refractivity contribution in [3.8, 4) is 0 Å². The largest absolute Gasteiger partial charge is 0.381 e. The van der Waals surface area contributed by atoms with Crippen molar-refractivity contribution in [3.05, 3.63) is 70.1 Å². The van der Waals surface area contributed by atoms with Crippen molar-refractivity contribution < 1.29 is 4.74 Å². The Hall–Kier alpha value is -1.91. The van der Waals surface area contributed by atoms with E-state index in [1.54, 1.807) is 6.20 Å². The zero-order valence-corrected chi connectivity index (χ0v) is 14.3. The van der Waals surface area contributed by atoms with Crippen LogP contribution in [0.5, 0.6) is 0 Å². The SMILES string of the molecule is COC(Cc1ccccc1)C1CCN(Cc2ccc[nH]c2=O)CC1. The van der Waals surface area contributed by atoms with Crippen LogP contribution in [0.3, 0.4) is 0 Å². The summed E-state index contributed by atoms with van der Waals surface area (Å²) in [4.78, 5) is 16.9. The van der Waals surface area contributed by atoms with E-state index in [4.69, 9.17) is 4.74 Å². The van der Waals surface area contributed by atoms with Gasteiger partial charge in [-0.05, 0) is 49.9 Å². The van der Waals surface area contributed by atoms with Crippen LogP contribution in [0.1, 0.15) is 24.0 Å². The van der Waals surface area contributed by atoms with Gasteiger partial charge >= 0.3 is 0 Å². The maximum absolute atomic E-state index is 11.8. The van der Waals surface area contributed by atoms with Gasteiger partial charge in [-0.2, -0.15) is 0 Å². The summed E-state index contributed by atoms with van der Waals surface area (Å²) in [5.74, 6) is 0.584. The minimum absolute atomic E-state index is 0.0264. The lowest BCUT2D eigenvalue weighted by Crippen LogP contribution is -2.39. The van der Waals surface area contributed by atoms with Gasteiger partial charge in [0.1, 0.15) is 0 Å². The molecule has 0 spiro atoms. The Morgan fingerprint density at radius 3 is 2.58 bits per heavy atom. The fraction of sp³-hybridized carbons (Fsp3) is 0.450. The first kappa shape index (κ1) is 16.9. The van der Waals surface area contributed by atoms with Crippen LogP contribution in [-0.4, -0.2) is 36.2 Å². The minimum atomic E-state index is 0.0264. The second-order valence-electron chi connectivity index (χ2n) is 6.60. The number of aromatic nitrogens is 1. The molecule has 0 saturated carbocycles. The normalized spacial score (nSPS) is 17.7. The third-order valence-electron chi connectivity index (χ3n) is 5.03. The van der Waals surface area contributed by atoms with Crippen molar-refractivity contribution >= 4 is 0 Å². The van der Waals surface area contributed by atoms with Gasteiger partial charge < -0.3 is 9.72 Å². The topological polar surface area (TPSA) is 45.3 Å². The number of piperidine rings is 1. The van der Waals surface area contributed by atoms with Gasteiger partial charge in [0.15, 0.2) is 0 Å². The predicted molar refractivity (Wildman–Crippen MR) is 96.0 cm³/mol. The van der Waals surface area contributed by atoms with Crippen molar-refractivity contribution in [1.82, 2.24) is 9.88 Å². The molecular weight excluding hydrogens is 300 g/mol. The number of ether oxygens (including phenoxy) is 1. The summed E-state index contributed by atoms with van der Waals surface area (Å²) in [5, 5.41) is 0. The fourth-order valence-electron chi connectivity index (χ4n) is 3.59. The molecule has 1 aromatic carbocycles. The van der Waals surface area contributed by atoms with E-state index in [0.717, 1.165) is 44.5 Å². The van der Waals surface area contributed by atoms with Crippen molar-refractivity contribution in [2.75, 3.05) is 20.2 Å². The molecule has 0 amide bonds. The van der Waals surface area contributed by atoms with Crippen LogP contribution in [0.25, 0.3) is 0 Å². The van der Waals surface area contributed by atoms with Crippen LogP contribution < -0.4 is 5.56 Å². The number of benzene rings is 1. The Bertz CT molecular complexity index is 675. The lowest BCUT2D eigenvalue weighted by Gasteiger charge is -2.35. The number of pyridine rings is 1. The van der Waals surface area contributed by atoms with E-state index >= 15 is 0 Å². The molecule has 2 aromatic rings. The number of aromatic amines is 1. The first-order valence-electron chi connectivity index (χ1n) is 8.72. The van der Waals surface area contributed by atoms with E-state index < -0.39 is 0 Å². The second kappa shape index (κ2) is 8.27. The fourth-order valence-corrected chi connectivity index (χ4v) is 3.59. The first-order chi connectivity index (χ1) is 11.8. The van der Waals surface area contributed by atoms with E-state index in [0.29, 0.717) is 5.92 Å². The van der Waals surface area contributed by atoms with Gasteiger partial charge in [-0.15, -0.1) is 0 Å². The molecule has 4 heteroatoms. The summed E-state index contributed by atoms with van der Waals surface area (Å²) < 4.78 is 5.79. The van der Waals surface area contributed by atoms with Gasteiger partial charge in [-0.25, -0.2) is 0 Å². The molecule has 24 heavy (non-hydrogen) atoms. The van der Waals surface area contributed by atoms with Crippen LogP contribution in [-0.2, 0) is 17.7 Å². The molecule has 1 aromatic heterocycles. The predicted octanol–water partition coefficient (Wildman–Crippen LogP) is 2.84. The number of nitrogens with one attached hydrogen (secondary N) is 1. The molecule has 1 atom stereocenters. The summed E-state index contributed by atoms with van der Waals surface area (Å²) in [7, 11) is 1.82. The van der Waals surface area contributed by atoms with E-state index in [1.165, 1.54) is 5.56 Å². The molecule has 4 nitrogen and oxygen atoms in total. The van der Waals surface area contributed by atoms with Crippen LogP contribution in [0.15, 0.2) is 53.5 Å². The number of methoxy groups -OCH3 is 1. The Labute approximate surface area is 143 Å². The van der Waals surface area contributed by atoms with Gasteiger partial charge in [0, 0.05) is 25.4 Å². The molecule has 0 radical (unpaired) electrons. The number of hydrogen-bond donors (Lipinski definition) is 1. The van der Waals surface area contributed by atoms with Crippen molar-refractivity contribution in [3.63, 3.8) is 0 Å². The zero-order chi connectivity index (χ0) is 16.8. The van der Waals surface area contributed by atoms with Crippen LogP contribution >= 0.6 is 0 Å². The first-order valence-corrected chi connectivity index (χ1v) is 8.72. The van der Waals surface area contributed by atoms with Crippen molar-refractivity contribution in [1.29, 1.82) is 0 Å². The maximum Gasteiger partial charge on any atom is 0.252 e. The summed E-state index contributed by atoms with van der Waals surface area (Å²) in [6.45, 7) is 2.78. The number of nitrogens with zero attached hydrogens (tertiary/aromatic N) is 1. The van der Waals surface area contributed by atoms with E-state index in [1.807, 2.05) is 19.2 Å². The molecule has 1 N–H and O–H groups in total. The molecular formula is C20H26N2O2. The minimum Gasteiger partial charge on any atom is -0.381 e. The molecule has 128 valence electrons. The monoisotopic (exact) mass is 326 g/mol. The Morgan fingerprint density at radius 2 is 1.92 bits per heavy atom. The van der Waals surface area contributed by atoms with Crippen molar-refractivity contribution in [2.45, 2.75) is 31.9 Å². The molecule has 1 saturated heterocycles. The number of rotatable bonds is 6. The highest BCUT2D eigenvalue weighted by molar-refractivity contribution is 5.16. The smallest absolute Gasteiger partial charge is 0.252 e. The Morgan fingerprint density at radius 1 is 1.17 bits per heavy atom. The molecule has 1 aliphatic heterocycles. The van der Waals surface area contributed by atoms with Gasteiger partial charge in [-0.3, -0.25) is 9.69 Å². The van der Waals surface area contributed by atoms with Gasteiger partial charge in [-0.1, -0.05) is 36.4 Å². The average Bonchev–Trinajstić information content (AvgIpc) is 2.63. The Kier molecular flexibility index (Phi) is 5.83.